The molecular formula is C23H26N4O5. The second-order valence-electron chi connectivity index (χ2n) is 7.78. The number of piperazine rings is 1. The molecule has 2 aliphatic heterocycles. The lowest BCUT2D eigenvalue weighted by Gasteiger charge is -2.32. The lowest BCUT2D eigenvalue weighted by Crippen LogP contribution is -2.47. The molecule has 2 fully saturated rings. The molecule has 0 saturated carbocycles. The van der Waals surface area contributed by atoms with E-state index in [9.17, 15) is 14.4 Å². The van der Waals surface area contributed by atoms with Gasteiger partial charge in [0.05, 0.1) is 19.3 Å². The highest BCUT2D eigenvalue weighted by molar-refractivity contribution is 6.06. The number of nitrogens with zero attached hydrogens (tertiary/aromatic N) is 3. The van der Waals surface area contributed by atoms with Crippen LogP contribution in [-0.4, -0.2) is 81.2 Å². The summed E-state index contributed by atoms with van der Waals surface area (Å²) in [7, 11) is 3.54. The van der Waals surface area contributed by atoms with E-state index >= 15 is 0 Å². The largest absolute Gasteiger partial charge is 0.495 e. The minimum atomic E-state index is -0.395. The highest BCUT2D eigenvalue weighted by atomic mass is 16.6. The van der Waals surface area contributed by atoms with Crippen LogP contribution in [0.15, 0.2) is 42.5 Å². The molecule has 2 aromatic carbocycles. The molecule has 32 heavy (non-hydrogen) atoms. The number of carbonyl (C=O) groups excluding carboxylic acids is 3. The summed E-state index contributed by atoms with van der Waals surface area (Å²) in [5.74, 6) is 0.0471. The Hall–Kier alpha value is -3.59. The average molecular weight is 438 g/mol. The van der Waals surface area contributed by atoms with Crippen molar-refractivity contribution in [2.45, 2.75) is 0 Å². The Kier molecular flexibility index (Phi) is 6.27. The lowest BCUT2D eigenvalue weighted by atomic mass is 10.1. The normalized spacial score (nSPS) is 16.6. The standard InChI is InChI=1S/C23H26N4O5/c1-25-9-11-26(12-10-25)22(29)17-5-8-20(31-2)19(15-17)24-21(28)16-3-6-18(7-4-16)27-13-14-32-23(27)30/h3-8,15H,9-14H2,1-2H3,(H,24,28). The molecular weight excluding hydrogens is 412 g/mol. The number of benzene rings is 2. The molecule has 0 aliphatic carbocycles. The van der Waals surface area contributed by atoms with Crippen LogP contribution in [0.4, 0.5) is 16.2 Å². The van der Waals surface area contributed by atoms with Gasteiger partial charge in [-0.2, -0.15) is 0 Å². The van der Waals surface area contributed by atoms with Gasteiger partial charge < -0.3 is 24.6 Å². The quantitative estimate of drug-likeness (QED) is 0.770. The zero-order chi connectivity index (χ0) is 22.7. The average Bonchev–Trinajstić information content (AvgIpc) is 3.25. The zero-order valence-corrected chi connectivity index (χ0v) is 18.2. The van der Waals surface area contributed by atoms with Crippen molar-refractivity contribution in [3.05, 3.63) is 53.6 Å². The summed E-state index contributed by atoms with van der Waals surface area (Å²) in [5, 5.41) is 2.83. The Bertz CT molecular complexity index is 1020. The summed E-state index contributed by atoms with van der Waals surface area (Å²) in [5.41, 5.74) is 2.00. The molecule has 9 nitrogen and oxygen atoms in total. The molecule has 2 heterocycles. The van der Waals surface area contributed by atoms with Crippen molar-refractivity contribution >= 4 is 29.3 Å². The van der Waals surface area contributed by atoms with E-state index in [0.29, 0.717) is 54.5 Å². The number of hydrogen-bond donors (Lipinski definition) is 1. The van der Waals surface area contributed by atoms with Gasteiger partial charge in [-0.15, -0.1) is 0 Å². The van der Waals surface area contributed by atoms with Crippen LogP contribution in [0.2, 0.25) is 0 Å². The van der Waals surface area contributed by atoms with Crippen LogP contribution < -0.4 is 15.0 Å². The highest BCUT2D eigenvalue weighted by Crippen LogP contribution is 2.27. The molecule has 0 unspecified atom stereocenters. The Morgan fingerprint density at radius 2 is 1.66 bits per heavy atom. The third kappa shape index (κ3) is 4.52. The van der Waals surface area contributed by atoms with Crippen LogP contribution in [0.1, 0.15) is 20.7 Å². The van der Waals surface area contributed by atoms with Crippen molar-refractivity contribution in [2.75, 3.05) is 63.7 Å². The molecule has 0 radical (unpaired) electrons. The highest BCUT2D eigenvalue weighted by Gasteiger charge is 2.24. The maximum atomic E-state index is 12.9. The van der Waals surface area contributed by atoms with Crippen LogP contribution in [-0.2, 0) is 4.74 Å². The van der Waals surface area contributed by atoms with Crippen molar-refractivity contribution in [3.8, 4) is 5.75 Å². The summed E-state index contributed by atoms with van der Waals surface area (Å²) < 4.78 is 10.3. The number of cyclic esters (lactones) is 1. The van der Waals surface area contributed by atoms with Crippen LogP contribution in [0.25, 0.3) is 0 Å². The fourth-order valence-corrected chi connectivity index (χ4v) is 3.75. The summed E-state index contributed by atoms with van der Waals surface area (Å²) in [6.45, 7) is 3.83. The van der Waals surface area contributed by atoms with E-state index in [4.69, 9.17) is 9.47 Å². The first kappa shape index (κ1) is 21.6. The molecule has 0 bridgehead atoms. The van der Waals surface area contributed by atoms with Gasteiger partial charge in [-0.05, 0) is 49.5 Å². The van der Waals surface area contributed by atoms with E-state index < -0.39 is 6.09 Å². The first-order valence-electron chi connectivity index (χ1n) is 10.5. The molecule has 168 valence electrons. The van der Waals surface area contributed by atoms with Gasteiger partial charge in [0.1, 0.15) is 12.4 Å². The second-order valence-corrected chi connectivity index (χ2v) is 7.78. The van der Waals surface area contributed by atoms with Crippen LogP contribution in [0.5, 0.6) is 5.75 Å². The number of anilines is 2. The summed E-state index contributed by atoms with van der Waals surface area (Å²) >= 11 is 0. The van der Waals surface area contributed by atoms with Gasteiger partial charge in [0, 0.05) is 43.0 Å². The molecule has 2 aliphatic rings. The summed E-state index contributed by atoms with van der Waals surface area (Å²) in [4.78, 5) is 42.9. The molecule has 4 rings (SSSR count). The van der Waals surface area contributed by atoms with E-state index in [0.717, 1.165) is 13.1 Å². The number of ether oxygens (including phenoxy) is 2. The Morgan fingerprint density at radius 1 is 0.969 bits per heavy atom. The van der Waals surface area contributed by atoms with Gasteiger partial charge >= 0.3 is 6.09 Å². The SMILES string of the molecule is COc1ccc(C(=O)N2CCN(C)CC2)cc1NC(=O)c1ccc(N2CCOC2=O)cc1. The van der Waals surface area contributed by atoms with Crippen molar-refractivity contribution in [2.24, 2.45) is 0 Å². The number of amides is 3. The van der Waals surface area contributed by atoms with Gasteiger partial charge in [0.2, 0.25) is 0 Å². The molecule has 3 amide bonds. The van der Waals surface area contributed by atoms with E-state index in [1.54, 1.807) is 42.5 Å². The Labute approximate surface area is 186 Å². The summed E-state index contributed by atoms with van der Waals surface area (Å²) in [6, 6.07) is 11.7. The summed E-state index contributed by atoms with van der Waals surface area (Å²) in [6.07, 6.45) is -0.395. The number of nitrogens with one attached hydrogen (secondary N) is 1. The number of likely N-dealkylation sites (N-methyl/N-ethyl adjacent to an activating group) is 1. The Balaban J connectivity index is 1.49. The van der Waals surface area contributed by atoms with Crippen LogP contribution in [0.3, 0.4) is 0 Å². The molecule has 9 heteroatoms. The van der Waals surface area contributed by atoms with Gasteiger partial charge in [-0.3, -0.25) is 14.5 Å². The maximum Gasteiger partial charge on any atom is 0.414 e. The minimum Gasteiger partial charge on any atom is -0.495 e. The third-order valence-electron chi connectivity index (χ3n) is 5.69. The van der Waals surface area contributed by atoms with Crippen molar-refractivity contribution in [1.82, 2.24) is 9.80 Å². The zero-order valence-electron chi connectivity index (χ0n) is 18.2. The molecule has 2 saturated heterocycles. The number of methoxy groups -OCH3 is 1. The minimum absolute atomic E-state index is 0.0712. The topological polar surface area (TPSA) is 91.4 Å². The predicted molar refractivity (Wildman–Crippen MR) is 119 cm³/mol. The van der Waals surface area contributed by atoms with Gasteiger partial charge in [-0.25, -0.2) is 4.79 Å². The fraction of sp³-hybridized carbons (Fsp3) is 0.348. The van der Waals surface area contributed by atoms with E-state index in [1.165, 1.54) is 12.0 Å². The molecule has 1 N–H and O–H groups in total. The number of hydrogen-bond acceptors (Lipinski definition) is 6. The predicted octanol–water partition coefficient (Wildman–Crippen LogP) is 2.29. The third-order valence-corrected chi connectivity index (χ3v) is 5.69. The first-order chi connectivity index (χ1) is 15.5. The van der Waals surface area contributed by atoms with Gasteiger partial charge in [0.15, 0.2) is 0 Å². The molecule has 0 atom stereocenters. The fourth-order valence-electron chi connectivity index (χ4n) is 3.75. The molecule has 2 aromatic rings. The van der Waals surface area contributed by atoms with Gasteiger partial charge in [-0.1, -0.05) is 0 Å². The first-order valence-corrected chi connectivity index (χ1v) is 10.5. The van der Waals surface area contributed by atoms with Crippen molar-refractivity contribution < 1.29 is 23.9 Å². The lowest BCUT2D eigenvalue weighted by molar-refractivity contribution is 0.0664. The monoisotopic (exact) mass is 438 g/mol. The van der Waals surface area contributed by atoms with E-state index in [-0.39, 0.29) is 11.8 Å². The molecule has 0 spiro atoms. The van der Waals surface area contributed by atoms with E-state index in [2.05, 4.69) is 10.2 Å². The second kappa shape index (κ2) is 9.27. The number of rotatable bonds is 5. The maximum absolute atomic E-state index is 12.9. The van der Waals surface area contributed by atoms with Crippen molar-refractivity contribution in [1.29, 1.82) is 0 Å². The van der Waals surface area contributed by atoms with Gasteiger partial charge in [0.25, 0.3) is 11.8 Å². The molecule has 0 aromatic heterocycles. The smallest absolute Gasteiger partial charge is 0.414 e. The van der Waals surface area contributed by atoms with E-state index in [1.807, 2.05) is 11.9 Å². The van der Waals surface area contributed by atoms with Crippen molar-refractivity contribution in [3.63, 3.8) is 0 Å². The van der Waals surface area contributed by atoms with Crippen LogP contribution >= 0.6 is 0 Å². The van der Waals surface area contributed by atoms with Crippen LogP contribution in [0, 0.1) is 0 Å². The Morgan fingerprint density at radius 3 is 2.28 bits per heavy atom. The number of carbonyl (C=O) groups is 3.